The zero-order valence-corrected chi connectivity index (χ0v) is 17.1. The van der Waals surface area contributed by atoms with Crippen LogP contribution in [0.4, 0.5) is 8.78 Å². The van der Waals surface area contributed by atoms with Crippen LogP contribution in [0.15, 0.2) is 24.3 Å². The fourth-order valence-electron chi connectivity index (χ4n) is 5.08. The van der Waals surface area contributed by atoms with Gasteiger partial charge in [0.15, 0.2) is 0 Å². The molecule has 2 atom stereocenters. The zero-order chi connectivity index (χ0) is 21.9. The molecule has 9 heteroatoms. The van der Waals surface area contributed by atoms with Crippen LogP contribution >= 0.6 is 0 Å². The van der Waals surface area contributed by atoms with Crippen LogP contribution in [0, 0.1) is 5.92 Å². The van der Waals surface area contributed by atoms with E-state index in [0.717, 1.165) is 0 Å². The fourth-order valence-corrected chi connectivity index (χ4v) is 5.08. The summed E-state index contributed by atoms with van der Waals surface area (Å²) in [5.74, 6) is -4.31. The number of fused-ring (bicyclic) bond motifs is 1. The summed E-state index contributed by atoms with van der Waals surface area (Å²) in [5.41, 5.74) is 5.67. The Bertz CT molecular complexity index is 743. The number of likely N-dealkylation sites (tertiary alicyclic amines) is 1. The first-order valence-corrected chi connectivity index (χ1v) is 10.7. The molecule has 30 heavy (non-hydrogen) atoms. The SMILES string of the molecule is NC(CCCCB(O)O)(C(=O)O)C1CCN(C2CCc3ccccc3C2(F)F)CC1. The lowest BCUT2D eigenvalue weighted by Crippen LogP contribution is -2.59. The number of piperidine rings is 1. The van der Waals surface area contributed by atoms with Gasteiger partial charge < -0.3 is 20.9 Å². The standard InChI is InChI=1S/C21H31BF2N2O4/c23-21(24)17-6-2-1-5-15(17)7-8-18(21)26-13-9-16(10-14-26)20(25,19(27)28)11-3-4-12-22(29)30/h1-2,5-6,16,18,29-30H,3-4,7-14,25H2,(H,27,28). The number of unbranched alkanes of at least 4 members (excludes halogenated alkanes) is 1. The number of halogens is 2. The maximum absolute atomic E-state index is 15.2. The lowest BCUT2D eigenvalue weighted by Gasteiger charge is -2.46. The van der Waals surface area contributed by atoms with Crippen molar-refractivity contribution in [3.8, 4) is 0 Å². The van der Waals surface area contributed by atoms with Crippen molar-refractivity contribution < 1.29 is 28.7 Å². The van der Waals surface area contributed by atoms with Crippen molar-refractivity contribution in [2.75, 3.05) is 13.1 Å². The molecular weight excluding hydrogens is 393 g/mol. The Balaban J connectivity index is 1.62. The van der Waals surface area contributed by atoms with Crippen molar-refractivity contribution in [1.29, 1.82) is 0 Å². The van der Waals surface area contributed by atoms with Gasteiger partial charge in [0.05, 0.1) is 6.04 Å². The van der Waals surface area contributed by atoms with Crippen LogP contribution in [0.2, 0.25) is 6.32 Å². The van der Waals surface area contributed by atoms with Gasteiger partial charge in [0.2, 0.25) is 0 Å². The summed E-state index contributed by atoms with van der Waals surface area (Å²) in [4.78, 5) is 13.7. The molecule has 2 aliphatic rings. The van der Waals surface area contributed by atoms with Gasteiger partial charge in [-0.2, -0.15) is 8.78 Å². The van der Waals surface area contributed by atoms with Crippen LogP contribution in [0.25, 0.3) is 0 Å². The van der Waals surface area contributed by atoms with E-state index >= 15 is 8.78 Å². The maximum atomic E-state index is 15.2. The molecule has 3 rings (SSSR count). The van der Waals surface area contributed by atoms with E-state index in [4.69, 9.17) is 15.8 Å². The van der Waals surface area contributed by atoms with Crippen molar-refractivity contribution in [3.05, 3.63) is 35.4 Å². The number of nitrogens with zero attached hydrogens (tertiary/aromatic N) is 1. The van der Waals surface area contributed by atoms with E-state index in [0.29, 0.717) is 57.2 Å². The molecule has 0 bridgehead atoms. The lowest BCUT2D eigenvalue weighted by molar-refractivity contribution is -0.148. The summed E-state index contributed by atoms with van der Waals surface area (Å²) < 4.78 is 30.3. The number of carboxylic acid groups (broad SMARTS) is 1. The average molecular weight is 424 g/mol. The second-order valence-electron chi connectivity index (χ2n) is 8.72. The molecule has 6 nitrogen and oxygen atoms in total. The first-order valence-electron chi connectivity index (χ1n) is 10.7. The van der Waals surface area contributed by atoms with Crippen LogP contribution in [-0.4, -0.2) is 57.8 Å². The van der Waals surface area contributed by atoms with Crippen molar-refractivity contribution >= 4 is 13.1 Å². The second kappa shape index (κ2) is 9.30. The molecule has 1 heterocycles. The predicted molar refractivity (Wildman–Crippen MR) is 110 cm³/mol. The number of carbonyl (C=O) groups is 1. The highest BCUT2D eigenvalue weighted by Crippen LogP contribution is 2.44. The van der Waals surface area contributed by atoms with Crippen LogP contribution < -0.4 is 5.73 Å². The summed E-state index contributed by atoms with van der Waals surface area (Å²) in [6, 6.07) is 5.82. The maximum Gasteiger partial charge on any atom is 0.451 e. The molecule has 0 aromatic heterocycles. The number of hydrogen-bond donors (Lipinski definition) is 4. The van der Waals surface area contributed by atoms with Gasteiger partial charge in [-0.1, -0.05) is 37.1 Å². The third-order valence-electron chi connectivity index (χ3n) is 6.88. The number of carboxylic acids is 1. The number of aryl methyl sites for hydroxylation is 1. The van der Waals surface area contributed by atoms with Gasteiger partial charge in [0.1, 0.15) is 5.54 Å². The molecule has 0 amide bonds. The van der Waals surface area contributed by atoms with Crippen LogP contribution in [-0.2, 0) is 17.1 Å². The largest absolute Gasteiger partial charge is 0.480 e. The Kier molecular flexibility index (Phi) is 7.17. The zero-order valence-electron chi connectivity index (χ0n) is 17.1. The molecular formula is C21H31BF2N2O4. The van der Waals surface area contributed by atoms with E-state index in [9.17, 15) is 9.90 Å². The molecule has 1 aromatic carbocycles. The van der Waals surface area contributed by atoms with Crippen molar-refractivity contribution in [1.82, 2.24) is 4.90 Å². The summed E-state index contributed by atoms with van der Waals surface area (Å²) in [6.07, 6.45) is 3.25. The second-order valence-corrected chi connectivity index (χ2v) is 8.72. The number of rotatable bonds is 8. The minimum Gasteiger partial charge on any atom is -0.480 e. The molecule has 166 valence electrons. The fraction of sp³-hybridized carbons (Fsp3) is 0.667. The van der Waals surface area contributed by atoms with Crippen LogP contribution in [0.3, 0.4) is 0 Å². The lowest BCUT2D eigenvalue weighted by atomic mass is 9.73. The molecule has 1 aliphatic heterocycles. The topological polar surface area (TPSA) is 107 Å². The minimum atomic E-state index is -2.93. The summed E-state index contributed by atoms with van der Waals surface area (Å²) >= 11 is 0. The van der Waals surface area contributed by atoms with Gasteiger partial charge in [-0.3, -0.25) is 9.69 Å². The Morgan fingerprint density at radius 2 is 1.87 bits per heavy atom. The number of aliphatic carboxylic acids is 1. The average Bonchev–Trinajstić information content (AvgIpc) is 2.71. The molecule has 1 fully saturated rings. The summed E-state index contributed by atoms with van der Waals surface area (Å²) in [5, 5.41) is 27.6. The minimum absolute atomic E-state index is 0.105. The van der Waals surface area contributed by atoms with E-state index in [1.807, 2.05) is 0 Å². The van der Waals surface area contributed by atoms with E-state index in [1.54, 1.807) is 23.1 Å². The molecule has 0 radical (unpaired) electrons. The van der Waals surface area contributed by atoms with E-state index in [-0.39, 0.29) is 24.2 Å². The molecule has 1 aromatic rings. The number of alkyl halides is 2. The van der Waals surface area contributed by atoms with Gasteiger partial charge in [-0.05, 0) is 63.0 Å². The Hall–Kier alpha value is -1.55. The highest BCUT2D eigenvalue weighted by Gasteiger charge is 2.50. The molecule has 1 aliphatic carbocycles. The summed E-state index contributed by atoms with van der Waals surface area (Å²) in [7, 11) is -1.41. The van der Waals surface area contributed by atoms with E-state index in [1.165, 1.54) is 6.07 Å². The van der Waals surface area contributed by atoms with Crippen LogP contribution in [0.1, 0.15) is 49.7 Å². The van der Waals surface area contributed by atoms with Crippen LogP contribution in [0.5, 0.6) is 0 Å². The quantitative estimate of drug-likeness (QED) is 0.377. The summed E-state index contributed by atoms with van der Waals surface area (Å²) in [6.45, 7) is 0.795. The monoisotopic (exact) mass is 424 g/mol. The third kappa shape index (κ3) is 4.69. The molecule has 0 spiro atoms. The Labute approximate surface area is 176 Å². The van der Waals surface area contributed by atoms with Gasteiger partial charge in [-0.15, -0.1) is 0 Å². The van der Waals surface area contributed by atoms with E-state index in [2.05, 4.69) is 0 Å². The normalized spacial score (nSPS) is 24.1. The third-order valence-corrected chi connectivity index (χ3v) is 6.88. The number of benzene rings is 1. The van der Waals surface area contributed by atoms with Crippen molar-refractivity contribution in [2.24, 2.45) is 11.7 Å². The molecule has 1 saturated heterocycles. The van der Waals surface area contributed by atoms with Gasteiger partial charge >= 0.3 is 13.1 Å². The number of hydrogen-bond acceptors (Lipinski definition) is 5. The predicted octanol–water partition coefficient (Wildman–Crippen LogP) is 2.23. The highest BCUT2D eigenvalue weighted by atomic mass is 19.3. The van der Waals surface area contributed by atoms with E-state index < -0.39 is 30.6 Å². The van der Waals surface area contributed by atoms with Gasteiger partial charge in [-0.25, -0.2) is 0 Å². The Morgan fingerprint density at radius 3 is 2.50 bits per heavy atom. The van der Waals surface area contributed by atoms with Crippen molar-refractivity contribution in [3.63, 3.8) is 0 Å². The first kappa shape index (κ1) is 23.1. The first-order chi connectivity index (χ1) is 14.2. The number of nitrogens with two attached hydrogens (primary N) is 1. The molecule has 0 saturated carbocycles. The van der Waals surface area contributed by atoms with Gasteiger partial charge in [0, 0.05) is 5.56 Å². The molecule has 2 unspecified atom stereocenters. The smallest absolute Gasteiger partial charge is 0.451 e. The highest BCUT2D eigenvalue weighted by molar-refractivity contribution is 6.40. The molecule has 5 N–H and O–H groups in total. The Morgan fingerprint density at radius 1 is 1.20 bits per heavy atom. The van der Waals surface area contributed by atoms with Gasteiger partial charge in [0.25, 0.3) is 5.92 Å². The van der Waals surface area contributed by atoms with Crippen molar-refractivity contribution in [2.45, 2.75) is 68.8 Å².